The second kappa shape index (κ2) is 13.3. The number of benzene rings is 3. The number of amides is 3. The van der Waals surface area contributed by atoms with Crippen LogP contribution in [-0.4, -0.2) is 54.0 Å². The zero-order valence-corrected chi connectivity index (χ0v) is 24.7. The second-order valence-corrected chi connectivity index (χ2v) is 12.4. The number of rotatable bonds is 12. The smallest absolute Gasteiger partial charge is 0.269 e. The van der Waals surface area contributed by atoms with E-state index < -0.39 is 22.0 Å². The first-order chi connectivity index (χ1) is 19.6. The molecule has 1 aliphatic heterocycles. The predicted molar refractivity (Wildman–Crippen MR) is 158 cm³/mol. The summed E-state index contributed by atoms with van der Waals surface area (Å²) < 4.78 is 26.7. The van der Waals surface area contributed by atoms with Crippen LogP contribution >= 0.6 is 11.6 Å². The van der Waals surface area contributed by atoms with Crippen LogP contribution in [0.1, 0.15) is 54.6 Å². The third-order valence-corrected chi connectivity index (χ3v) is 9.25. The zero-order valence-electron chi connectivity index (χ0n) is 23.1. The van der Waals surface area contributed by atoms with Crippen LogP contribution in [0.5, 0.6) is 0 Å². The van der Waals surface area contributed by atoms with E-state index in [0.29, 0.717) is 11.4 Å². The van der Waals surface area contributed by atoms with Crippen molar-refractivity contribution in [2.75, 3.05) is 6.54 Å². The normalized spacial score (nSPS) is 15.2. The quantitative estimate of drug-likeness (QED) is 0.323. The Morgan fingerprint density at radius 2 is 1.66 bits per heavy atom. The molecule has 0 fully saturated rings. The lowest BCUT2D eigenvalue weighted by Crippen LogP contribution is -2.52. The highest BCUT2D eigenvalue weighted by atomic mass is 35.5. The van der Waals surface area contributed by atoms with Crippen LogP contribution in [0.15, 0.2) is 83.8 Å². The molecule has 2 atom stereocenters. The number of halogens is 1. The monoisotopic (exact) mass is 595 g/mol. The van der Waals surface area contributed by atoms with Crippen molar-refractivity contribution in [3.8, 4) is 0 Å². The molecule has 216 valence electrons. The van der Waals surface area contributed by atoms with Crippen LogP contribution in [0, 0.1) is 0 Å². The van der Waals surface area contributed by atoms with Gasteiger partial charge in [-0.2, -0.15) is 0 Å². The summed E-state index contributed by atoms with van der Waals surface area (Å²) in [6.45, 7) is 3.87. The minimum Gasteiger partial charge on any atom is -0.352 e. The highest BCUT2D eigenvalue weighted by molar-refractivity contribution is 7.90. The maximum absolute atomic E-state index is 13.8. The van der Waals surface area contributed by atoms with E-state index in [1.807, 2.05) is 50.2 Å². The van der Waals surface area contributed by atoms with Crippen molar-refractivity contribution in [1.29, 1.82) is 0 Å². The molecule has 0 bridgehead atoms. The van der Waals surface area contributed by atoms with Gasteiger partial charge in [0.25, 0.3) is 15.9 Å². The standard InChI is InChI=1S/C31H34ClN3O5S/c1-3-22(2)33-30(37)27(20-23-11-5-4-6-12-23)34(21-24-13-9-14-25(32)19-24)29(36)17-10-18-35-31(38)26-15-7-8-16-28(26)41(35,39)40/h4-9,11-16,19,22,27H,3,10,17-18,20-21H2,1-2H3,(H,33,37)/t22-,27+/m1/s1. The molecule has 10 heteroatoms. The van der Waals surface area contributed by atoms with Crippen molar-refractivity contribution in [2.24, 2.45) is 0 Å². The lowest BCUT2D eigenvalue weighted by Gasteiger charge is -2.32. The van der Waals surface area contributed by atoms with Gasteiger partial charge in [0.15, 0.2) is 0 Å². The molecule has 3 amide bonds. The van der Waals surface area contributed by atoms with E-state index in [1.165, 1.54) is 17.0 Å². The third kappa shape index (κ3) is 7.15. The van der Waals surface area contributed by atoms with Gasteiger partial charge in [-0.15, -0.1) is 0 Å². The molecule has 3 aromatic rings. The summed E-state index contributed by atoms with van der Waals surface area (Å²) in [5, 5.41) is 3.53. The molecular weight excluding hydrogens is 562 g/mol. The fourth-order valence-corrected chi connectivity index (χ4v) is 6.62. The maximum Gasteiger partial charge on any atom is 0.269 e. The van der Waals surface area contributed by atoms with E-state index in [4.69, 9.17) is 11.6 Å². The lowest BCUT2D eigenvalue weighted by atomic mass is 10.0. The number of sulfonamides is 1. The summed E-state index contributed by atoms with van der Waals surface area (Å²) in [7, 11) is -3.97. The fraction of sp³-hybridized carbons (Fsp3) is 0.323. The van der Waals surface area contributed by atoms with Gasteiger partial charge in [0.05, 0.1) is 5.56 Å². The summed E-state index contributed by atoms with van der Waals surface area (Å²) in [6.07, 6.45) is 1.07. The summed E-state index contributed by atoms with van der Waals surface area (Å²) in [6, 6.07) is 21.8. The number of carbonyl (C=O) groups excluding carboxylic acids is 3. The number of nitrogens with zero attached hydrogens (tertiary/aromatic N) is 2. The predicted octanol–water partition coefficient (Wildman–Crippen LogP) is 4.82. The van der Waals surface area contributed by atoms with Gasteiger partial charge in [0.2, 0.25) is 11.8 Å². The second-order valence-electron chi connectivity index (χ2n) is 10.2. The van der Waals surface area contributed by atoms with E-state index in [0.717, 1.165) is 21.9 Å². The number of carbonyl (C=O) groups is 3. The minimum absolute atomic E-state index is 0.0245. The summed E-state index contributed by atoms with van der Waals surface area (Å²) in [4.78, 5) is 41.7. The van der Waals surface area contributed by atoms with Gasteiger partial charge in [0.1, 0.15) is 10.9 Å². The maximum atomic E-state index is 13.8. The van der Waals surface area contributed by atoms with Crippen LogP contribution in [0.2, 0.25) is 5.02 Å². The SMILES string of the molecule is CC[C@@H](C)NC(=O)[C@H](Cc1ccccc1)N(Cc1cccc(Cl)c1)C(=O)CCCN1C(=O)c2ccccc2S1(=O)=O. The Kier molecular flexibility index (Phi) is 9.83. The Hall–Kier alpha value is -3.69. The first-order valence-electron chi connectivity index (χ1n) is 13.7. The van der Waals surface area contributed by atoms with E-state index in [1.54, 1.807) is 30.3 Å². The number of hydrogen-bond donors (Lipinski definition) is 1. The van der Waals surface area contributed by atoms with Gasteiger partial charge in [-0.05, 0) is 55.2 Å². The Morgan fingerprint density at radius 1 is 0.976 bits per heavy atom. The van der Waals surface area contributed by atoms with Crippen molar-refractivity contribution in [3.05, 3.63) is 101 Å². The number of nitrogens with one attached hydrogen (secondary N) is 1. The summed E-state index contributed by atoms with van der Waals surface area (Å²) in [5.74, 6) is -1.20. The average molecular weight is 596 g/mol. The van der Waals surface area contributed by atoms with Gasteiger partial charge in [-0.25, -0.2) is 12.7 Å². The van der Waals surface area contributed by atoms with Crippen LogP contribution in [0.4, 0.5) is 0 Å². The number of hydrogen-bond acceptors (Lipinski definition) is 5. The molecule has 0 spiro atoms. The first kappa shape index (κ1) is 30.3. The molecule has 1 aliphatic rings. The highest BCUT2D eigenvalue weighted by Gasteiger charge is 2.40. The molecule has 1 heterocycles. The van der Waals surface area contributed by atoms with E-state index >= 15 is 0 Å². The van der Waals surface area contributed by atoms with E-state index in [2.05, 4.69) is 5.32 Å². The van der Waals surface area contributed by atoms with Gasteiger partial charge in [0, 0.05) is 37.0 Å². The van der Waals surface area contributed by atoms with Crippen LogP contribution in [0.3, 0.4) is 0 Å². The van der Waals surface area contributed by atoms with E-state index in [-0.39, 0.29) is 54.2 Å². The van der Waals surface area contributed by atoms with Crippen molar-refractivity contribution in [1.82, 2.24) is 14.5 Å². The molecule has 3 aromatic carbocycles. The van der Waals surface area contributed by atoms with Gasteiger partial charge in [-0.3, -0.25) is 14.4 Å². The third-order valence-electron chi connectivity index (χ3n) is 7.18. The molecule has 0 saturated heterocycles. The average Bonchev–Trinajstić information content (AvgIpc) is 3.15. The van der Waals surface area contributed by atoms with Crippen molar-refractivity contribution in [3.63, 3.8) is 0 Å². The zero-order chi connectivity index (χ0) is 29.6. The molecule has 4 rings (SSSR count). The van der Waals surface area contributed by atoms with E-state index in [9.17, 15) is 22.8 Å². The molecule has 0 unspecified atom stereocenters. The number of fused-ring (bicyclic) bond motifs is 1. The van der Waals surface area contributed by atoms with Crippen molar-refractivity contribution in [2.45, 2.75) is 63.1 Å². The Labute approximate surface area is 246 Å². The molecule has 0 radical (unpaired) electrons. The Morgan fingerprint density at radius 3 is 2.34 bits per heavy atom. The Balaban J connectivity index is 1.57. The van der Waals surface area contributed by atoms with Crippen LogP contribution in [-0.2, 0) is 32.6 Å². The van der Waals surface area contributed by atoms with Gasteiger partial charge in [-0.1, -0.05) is 73.1 Å². The lowest BCUT2D eigenvalue weighted by molar-refractivity contribution is -0.141. The van der Waals surface area contributed by atoms with Crippen molar-refractivity contribution < 1.29 is 22.8 Å². The van der Waals surface area contributed by atoms with Gasteiger partial charge < -0.3 is 10.2 Å². The molecule has 0 aliphatic carbocycles. The highest BCUT2D eigenvalue weighted by Crippen LogP contribution is 2.30. The first-order valence-corrected chi connectivity index (χ1v) is 15.5. The molecule has 0 aromatic heterocycles. The summed E-state index contributed by atoms with van der Waals surface area (Å²) >= 11 is 6.23. The fourth-order valence-electron chi connectivity index (χ4n) is 4.80. The molecule has 41 heavy (non-hydrogen) atoms. The van der Waals surface area contributed by atoms with Crippen LogP contribution in [0.25, 0.3) is 0 Å². The topological polar surface area (TPSA) is 104 Å². The molecule has 1 N–H and O–H groups in total. The van der Waals surface area contributed by atoms with Gasteiger partial charge >= 0.3 is 0 Å². The Bertz CT molecular complexity index is 1510. The summed E-state index contributed by atoms with van der Waals surface area (Å²) in [5.41, 5.74) is 1.78. The largest absolute Gasteiger partial charge is 0.352 e. The van der Waals surface area contributed by atoms with Crippen molar-refractivity contribution >= 4 is 39.3 Å². The van der Waals surface area contributed by atoms with Crippen LogP contribution < -0.4 is 5.32 Å². The molecular formula is C31H34ClN3O5S. The molecule has 8 nitrogen and oxygen atoms in total. The minimum atomic E-state index is -3.97. The molecule has 0 saturated carbocycles.